The number of benzene rings is 1. The van der Waals surface area contributed by atoms with E-state index in [1.54, 1.807) is 7.11 Å². The average molecular weight is 276 g/mol. The van der Waals surface area contributed by atoms with Crippen LogP contribution in [-0.4, -0.2) is 44.7 Å². The minimum absolute atomic E-state index is 0.575. The smallest absolute Gasteiger partial charge is 0.122 e. The fourth-order valence-corrected chi connectivity index (χ4v) is 3.27. The molecule has 0 amide bonds. The highest BCUT2D eigenvalue weighted by Gasteiger charge is 2.23. The van der Waals surface area contributed by atoms with Crippen molar-refractivity contribution in [3.63, 3.8) is 0 Å². The Hall–Kier alpha value is -1.06. The summed E-state index contributed by atoms with van der Waals surface area (Å²) >= 11 is 0. The number of likely N-dealkylation sites (tertiary alicyclic amines) is 1. The number of para-hydroxylation sites is 1. The number of piperidine rings is 1. The first-order valence-corrected chi connectivity index (χ1v) is 7.75. The van der Waals surface area contributed by atoms with Crippen LogP contribution >= 0.6 is 0 Å². The molecule has 1 aliphatic rings. The number of hydrogen-bond donors (Lipinski definition) is 1. The van der Waals surface area contributed by atoms with Gasteiger partial charge in [-0.15, -0.1) is 0 Å². The van der Waals surface area contributed by atoms with Crippen molar-refractivity contribution in [1.29, 1.82) is 0 Å². The number of ether oxygens (including phenoxy) is 1. The Labute approximate surface area is 123 Å². The van der Waals surface area contributed by atoms with Crippen molar-refractivity contribution in [2.24, 2.45) is 5.92 Å². The molecule has 1 aromatic carbocycles. The molecule has 2 atom stereocenters. The second kappa shape index (κ2) is 7.65. The van der Waals surface area contributed by atoms with Crippen LogP contribution in [0.25, 0.3) is 0 Å². The van der Waals surface area contributed by atoms with Gasteiger partial charge in [0.25, 0.3) is 0 Å². The van der Waals surface area contributed by atoms with Gasteiger partial charge in [0.05, 0.1) is 7.11 Å². The van der Waals surface area contributed by atoms with Crippen molar-refractivity contribution in [3.8, 4) is 5.75 Å². The summed E-state index contributed by atoms with van der Waals surface area (Å²) in [7, 11) is 3.81. The number of nitrogens with one attached hydrogen (secondary N) is 1. The number of methoxy groups -OCH3 is 1. The molecule has 1 N–H and O–H groups in total. The van der Waals surface area contributed by atoms with Crippen molar-refractivity contribution >= 4 is 0 Å². The summed E-state index contributed by atoms with van der Waals surface area (Å²) in [5.74, 6) is 1.82. The zero-order valence-corrected chi connectivity index (χ0v) is 13.1. The monoisotopic (exact) mass is 276 g/mol. The quantitative estimate of drug-likeness (QED) is 0.864. The zero-order valence-electron chi connectivity index (χ0n) is 13.1. The van der Waals surface area contributed by atoms with Gasteiger partial charge in [-0.2, -0.15) is 0 Å². The van der Waals surface area contributed by atoms with E-state index in [0.717, 1.165) is 24.6 Å². The van der Waals surface area contributed by atoms with E-state index in [0.29, 0.717) is 6.04 Å². The highest BCUT2D eigenvalue weighted by Crippen LogP contribution is 2.23. The van der Waals surface area contributed by atoms with Gasteiger partial charge >= 0.3 is 0 Å². The van der Waals surface area contributed by atoms with Gasteiger partial charge in [0.1, 0.15) is 5.75 Å². The third-order valence-corrected chi connectivity index (χ3v) is 4.37. The van der Waals surface area contributed by atoms with Crippen LogP contribution < -0.4 is 10.1 Å². The van der Waals surface area contributed by atoms with Crippen molar-refractivity contribution in [2.75, 3.05) is 33.8 Å². The fourth-order valence-electron chi connectivity index (χ4n) is 3.27. The van der Waals surface area contributed by atoms with Gasteiger partial charge in [0, 0.05) is 12.6 Å². The largest absolute Gasteiger partial charge is 0.496 e. The molecule has 3 nitrogen and oxygen atoms in total. The molecule has 2 unspecified atom stereocenters. The normalized spacial score (nSPS) is 21.6. The molecule has 0 aliphatic carbocycles. The summed E-state index contributed by atoms with van der Waals surface area (Å²) in [6.07, 6.45) is 3.75. The summed E-state index contributed by atoms with van der Waals surface area (Å²) in [5.41, 5.74) is 1.32. The lowest BCUT2D eigenvalue weighted by molar-refractivity contribution is 0.130. The van der Waals surface area contributed by atoms with E-state index in [-0.39, 0.29) is 0 Å². The van der Waals surface area contributed by atoms with Gasteiger partial charge in [-0.3, -0.25) is 0 Å². The first-order valence-electron chi connectivity index (χ1n) is 7.75. The lowest BCUT2D eigenvalue weighted by Gasteiger charge is -2.37. The molecule has 1 aromatic rings. The van der Waals surface area contributed by atoms with E-state index < -0.39 is 0 Å². The van der Waals surface area contributed by atoms with E-state index >= 15 is 0 Å². The molecule has 0 radical (unpaired) electrons. The van der Waals surface area contributed by atoms with E-state index in [2.05, 4.69) is 42.4 Å². The fraction of sp³-hybridized carbons (Fsp3) is 0.647. The second-order valence-corrected chi connectivity index (χ2v) is 5.93. The molecule has 1 aliphatic heterocycles. The maximum absolute atomic E-state index is 5.46. The van der Waals surface area contributed by atoms with Crippen LogP contribution in [0.2, 0.25) is 0 Å². The Balaban J connectivity index is 1.95. The molecule has 0 aromatic heterocycles. The van der Waals surface area contributed by atoms with Gasteiger partial charge in [-0.25, -0.2) is 0 Å². The van der Waals surface area contributed by atoms with Crippen LogP contribution in [0.15, 0.2) is 24.3 Å². The Morgan fingerprint density at radius 2 is 2.20 bits per heavy atom. The molecule has 1 heterocycles. The molecule has 1 saturated heterocycles. The molecular formula is C17H28N2O. The zero-order chi connectivity index (χ0) is 14.4. The van der Waals surface area contributed by atoms with Gasteiger partial charge in [-0.05, 0) is 63.9 Å². The predicted octanol–water partition coefficient (Wildman–Crippen LogP) is 2.56. The molecule has 0 bridgehead atoms. The summed E-state index contributed by atoms with van der Waals surface area (Å²) in [4.78, 5) is 2.64. The Kier molecular flexibility index (Phi) is 5.86. The third kappa shape index (κ3) is 3.97. The van der Waals surface area contributed by atoms with Crippen molar-refractivity contribution in [2.45, 2.75) is 32.2 Å². The van der Waals surface area contributed by atoms with Crippen LogP contribution in [0.3, 0.4) is 0 Å². The van der Waals surface area contributed by atoms with Gasteiger partial charge in [0.2, 0.25) is 0 Å². The average Bonchev–Trinajstić information content (AvgIpc) is 2.48. The molecule has 20 heavy (non-hydrogen) atoms. The van der Waals surface area contributed by atoms with E-state index in [9.17, 15) is 0 Å². The number of hydrogen-bond acceptors (Lipinski definition) is 3. The van der Waals surface area contributed by atoms with E-state index in [1.165, 1.54) is 31.5 Å². The molecule has 0 saturated carbocycles. The van der Waals surface area contributed by atoms with E-state index in [1.807, 2.05) is 6.07 Å². The van der Waals surface area contributed by atoms with Gasteiger partial charge in [0.15, 0.2) is 0 Å². The first-order chi connectivity index (χ1) is 9.74. The van der Waals surface area contributed by atoms with Crippen LogP contribution in [0.5, 0.6) is 5.75 Å². The SMILES string of the molecule is CNCC1CCCN(C(C)Cc2ccccc2OC)C1. The van der Waals surface area contributed by atoms with Crippen molar-refractivity contribution in [1.82, 2.24) is 10.2 Å². The Bertz CT molecular complexity index is 406. The van der Waals surface area contributed by atoms with Crippen molar-refractivity contribution in [3.05, 3.63) is 29.8 Å². The highest BCUT2D eigenvalue weighted by atomic mass is 16.5. The van der Waals surface area contributed by atoms with Crippen LogP contribution in [0.1, 0.15) is 25.3 Å². The summed E-state index contributed by atoms with van der Waals surface area (Å²) in [6.45, 7) is 5.93. The van der Waals surface area contributed by atoms with Gasteiger partial charge < -0.3 is 15.0 Å². The topological polar surface area (TPSA) is 24.5 Å². The molecule has 3 heteroatoms. The number of rotatable bonds is 6. The highest BCUT2D eigenvalue weighted by molar-refractivity contribution is 5.33. The van der Waals surface area contributed by atoms with Crippen LogP contribution in [0.4, 0.5) is 0 Å². The maximum atomic E-state index is 5.46. The minimum atomic E-state index is 0.575. The summed E-state index contributed by atoms with van der Waals surface area (Å²) in [6, 6.07) is 8.96. The summed E-state index contributed by atoms with van der Waals surface area (Å²) in [5, 5.41) is 3.32. The molecule has 2 rings (SSSR count). The van der Waals surface area contributed by atoms with E-state index in [4.69, 9.17) is 4.74 Å². The van der Waals surface area contributed by atoms with Gasteiger partial charge in [-0.1, -0.05) is 18.2 Å². The van der Waals surface area contributed by atoms with Crippen LogP contribution in [-0.2, 0) is 6.42 Å². The van der Waals surface area contributed by atoms with Crippen molar-refractivity contribution < 1.29 is 4.74 Å². The lowest BCUT2D eigenvalue weighted by Crippen LogP contribution is -2.44. The Morgan fingerprint density at radius 1 is 1.40 bits per heavy atom. The maximum Gasteiger partial charge on any atom is 0.122 e. The standard InChI is InChI=1S/C17H28N2O/c1-14(11-16-8-4-5-9-17(16)20-3)19-10-6-7-15(13-19)12-18-2/h4-5,8-9,14-15,18H,6-7,10-13H2,1-3H3. The molecular weight excluding hydrogens is 248 g/mol. The molecule has 1 fully saturated rings. The third-order valence-electron chi connectivity index (χ3n) is 4.37. The molecule has 0 spiro atoms. The predicted molar refractivity (Wildman–Crippen MR) is 84.4 cm³/mol. The van der Waals surface area contributed by atoms with Crippen LogP contribution in [0, 0.1) is 5.92 Å². The Morgan fingerprint density at radius 3 is 2.95 bits per heavy atom. The minimum Gasteiger partial charge on any atom is -0.496 e. The lowest BCUT2D eigenvalue weighted by atomic mass is 9.95. The summed E-state index contributed by atoms with van der Waals surface area (Å²) < 4.78 is 5.46. The first kappa shape index (κ1) is 15.3. The molecule has 112 valence electrons. The second-order valence-electron chi connectivity index (χ2n) is 5.93. The number of nitrogens with zero attached hydrogens (tertiary/aromatic N) is 1.